The first-order valence-corrected chi connectivity index (χ1v) is 8.30. The van der Waals surface area contributed by atoms with Gasteiger partial charge in [0.15, 0.2) is 0 Å². The first-order chi connectivity index (χ1) is 9.90. The predicted molar refractivity (Wildman–Crippen MR) is 82.2 cm³/mol. The highest BCUT2D eigenvalue weighted by molar-refractivity contribution is 5.27. The number of aryl methyl sites for hydroxylation is 1. The zero-order valence-electron chi connectivity index (χ0n) is 12.4. The van der Waals surface area contributed by atoms with E-state index in [9.17, 15) is 0 Å². The van der Waals surface area contributed by atoms with Crippen molar-refractivity contribution in [3.05, 3.63) is 29.6 Å². The molecule has 1 aromatic rings. The molecule has 2 aliphatic carbocycles. The lowest BCUT2D eigenvalue weighted by Gasteiger charge is -2.35. The first-order valence-electron chi connectivity index (χ1n) is 8.30. The minimum absolute atomic E-state index is 0.405. The maximum Gasteiger partial charge on any atom is 0.0482 e. The highest BCUT2D eigenvalue weighted by Gasteiger charge is 2.33. The molecule has 1 saturated carbocycles. The van der Waals surface area contributed by atoms with E-state index in [1.54, 1.807) is 0 Å². The summed E-state index contributed by atoms with van der Waals surface area (Å²) in [6.45, 7) is 0. The summed E-state index contributed by atoms with van der Waals surface area (Å²) in [6, 6.07) is 4.72. The van der Waals surface area contributed by atoms with Crippen LogP contribution in [0.15, 0.2) is 18.3 Å². The number of pyridine rings is 1. The van der Waals surface area contributed by atoms with E-state index in [0.717, 1.165) is 5.92 Å². The van der Waals surface area contributed by atoms with Gasteiger partial charge in [0.05, 0.1) is 0 Å². The first kappa shape index (κ1) is 14.0. The topological polar surface area (TPSA) is 50.9 Å². The maximum atomic E-state index is 5.96. The van der Waals surface area contributed by atoms with E-state index < -0.39 is 0 Å². The van der Waals surface area contributed by atoms with Gasteiger partial charge in [0.2, 0.25) is 0 Å². The minimum Gasteiger partial charge on any atom is -0.271 e. The summed E-state index contributed by atoms with van der Waals surface area (Å²) in [5, 5.41) is 0. The van der Waals surface area contributed by atoms with Crippen molar-refractivity contribution in [2.45, 2.75) is 69.7 Å². The summed E-state index contributed by atoms with van der Waals surface area (Å²) in [5.41, 5.74) is 5.92. The molecular weight excluding hydrogens is 246 g/mol. The van der Waals surface area contributed by atoms with Gasteiger partial charge in [-0.15, -0.1) is 0 Å². The second-order valence-electron chi connectivity index (χ2n) is 6.49. The highest BCUT2D eigenvalue weighted by Crippen LogP contribution is 2.38. The Balaban J connectivity index is 1.82. The van der Waals surface area contributed by atoms with Crippen molar-refractivity contribution >= 4 is 0 Å². The molecule has 110 valence electrons. The SMILES string of the molecule is NNC(C1CCCCCC1)C1CCCc2cccnc21. The number of nitrogens with two attached hydrogens (primary N) is 1. The van der Waals surface area contributed by atoms with Crippen molar-refractivity contribution in [2.24, 2.45) is 11.8 Å². The third-order valence-corrected chi connectivity index (χ3v) is 5.27. The van der Waals surface area contributed by atoms with E-state index >= 15 is 0 Å². The number of fused-ring (bicyclic) bond motifs is 1. The van der Waals surface area contributed by atoms with Gasteiger partial charge in [-0.1, -0.05) is 31.7 Å². The van der Waals surface area contributed by atoms with Gasteiger partial charge in [-0.05, 0) is 49.7 Å². The number of hydrogen-bond acceptors (Lipinski definition) is 3. The molecule has 2 unspecified atom stereocenters. The van der Waals surface area contributed by atoms with Gasteiger partial charge in [-0.2, -0.15) is 0 Å². The molecule has 0 radical (unpaired) electrons. The summed E-state index contributed by atoms with van der Waals surface area (Å²) < 4.78 is 0. The smallest absolute Gasteiger partial charge is 0.0482 e. The summed E-state index contributed by atoms with van der Waals surface area (Å²) in [4.78, 5) is 4.69. The Morgan fingerprint density at radius 2 is 1.90 bits per heavy atom. The molecule has 0 aromatic carbocycles. The monoisotopic (exact) mass is 273 g/mol. The van der Waals surface area contributed by atoms with E-state index in [1.165, 1.54) is 69.0 Å². The van der Waals surface area contributed by atoms with Crippen molar-refractivity contribution in [1.82, 2.24) is 10.4 Å². The predicted octanol–water partition coefficient (Wildman–Crippen LogP) is 3.30. The second-order valence-corrected chi connectivity index (χ2v) is 6.49. The molecule has 3 N–H and O–H groups in total. The fraction of sp³-hybridized carbons (Fsp3) is 0.706. The van der Waals surface area contributed by atoms with Crippen LogP contribution < -0.4 is 11.3 Å². The van der Waals surface area contributed by atoms with Gasteiger partial charge < -0.3 is 0 Å². The molecule has 0 bridgehead atoms. The Bertz CT molecular complexity index is 424. The molecule has 1 fully saturated rings. The lowest BCUT2D eigenvalue weighted by atomic mass is 9.75. The van der Waals surface area contributed by atoms with E-state index in [0.29, 0.717) is 12.0 Å². The average Bonchev–Trinajstić information content (AvgIpc) is 2.78. The van der Waals surface area contributed by atoms with Crippen molar-refractivity contribution in [1.29, 1.82) is 0 Å². The van der Waals surface area contributed by atoms with Gasteiger partial charge in [0.1, 0.15) is 0 Å². The standard InChI is InChI=1S/C17H27N3/c18-20-17(14-7-3-1-2-4-8-14)15-11-5-9-13-10-6-12-19-16(13)15/h6,10,12,14-15,17,20H,1-5,7-9,11,18H2. The average molecular weight is 273 g/mol. The maximum absolute atomic E-state index is 5.96. The molecule has 2 atom stereocenters. The molecule has 0 aliphatic heterocycles. The number of rotatable bonds is 3. The van der Waals surface area contributed by atoms with Gasteiger partial charge in [0.25, 0.3) is 0 Å². The molecule has 1 heterocycles. The Morgan fingerprint density at radius 1 is 1.10 bits per heavy atom. The molecule has 2 aliphatic rings. The third kappa shape index (κ3) is 2.89. The van der Waals surface area contributed by atoms with Crippen molar-refractivity contribution in [3.63, 3.8) is 0 Å². The van der Waals surface area contributed by atoms with Crippen LogP contribution in [0.1, 0.15) is 68.5 Å². The molecule has 20 heavy (non-hydrogen) atoms. The molecule has 1 aromatic heterocycles. The van der Waals surface area contributed by atoms with Crippen LogP contribution in [0.25, 0.3) is 0 Å². The van der Waals surface area contributed by atoms with Gasteiger partial charge in [-0.3, -0.25) is 16.3 Å². The van der Waals surface area contributed by atoms with E-state index in [2.05, 4.69) is 17.6 Å². The van der Waals surface area contributed by atoms with Crippen LogP contribution in [-0.4, -0.2) is 11.0 Å². The lowest BCUT2D eigenvalue weighted by Crippen LogP contribution is -2.46. The fourth-order valence-corrected chi connectivity index (χ4v) is 4.25. The van der Waals surface area contributed by atoms with Crippen molar-refractivity contribution in [2.75, 3.05) is 0 Å². The highest BCUT2D eigenvalue weighted by atomic mass is 15.2. The molecule has 3 rings (SSSR count). The van der Waals surface area contributed by atoms with Crippen LogP contribution in [0.2, 0.25) is 0 Å². The number of hydrogen-bond donors (Lipinski definition) is 2. The molecular formula is C17H27N3. The molecule has 0 amide bonds. The molecule has 3 heteroatoms. The third-order valence-electron chi connectivity index (χ3n) is 5.27. The fourth-order valence-electron chi connectivity index (χ4n) is 4.25. The Morgan fingerprint density at radius 3 is 2.65 bits per heavy atom. The lowest BCUT2D eigenvalue weighted by molar-refractivity contribution is 0.262. The Hall–Kier alpha value is -0.930. The number of nitrogens with one attached hydrogen (secondary N) is 1. The Labute approximate surface area is 122 Å². The summed E-state index contributed by atoms with van der Waals surface area (Å²) in [7, 11) is 0. The van der Waals surface area contributed by atoms with Crippen LogP contribution in [0.3, 0.4) is 0 Å². The zero-order chi connectivity index (χ0) is 13.8. The van der Waals surface area contributed by atoms with Crippen LogP contribution in [0, 0.1) is 5.92 Å². The minimum atomic E-state index is 0.405. The number of nitrogens with zero attached hydrogens (tertiary/aromatic N) is 1. The molecule has 0 saturated heterocycles. The largest absolute Gasteiger partial charge is 0.271 e. The number of hydrazine groups is 1. The molecule has 3 nitrogen and oxygen atoms in total. The van der Waals surface area contributed by atoms with Gasteiger partial charge in [-0.25, -0.2) is 0 Å². The van der Waals surface area contributed by atoms with Crippen LogP contribution >= 0.6 is 0 Å². The van der Waals surface area contributed by atoms with E-state index in [4.69, 9.17) is 10.8 Å². The summed E-state index contributed by atoms with van der Waals surface area (Å²) >= 11 is 0. The van der Waals surface area contributed by atoms with E-state index in [-0.39, 0.29) is 0 Å². The summed E-state index contributed by atoms with van der Waals surface area (Å²) in [5.74, 6) is 7.19. The van der Waals surface area contributed by atoms with Gasteiger partial charge >= 0.3 is 0 Å². The van der Waals surface area contributed by atoms with Crippen LogP contribution in [-0.2, 0) is 6.42 Å². The van der Waals surface area contributed by atoms with Crippen molar-refractivity contribution < 1.29 is 0 Å². The Kier molecular flexibility index (Phi) is 4.69. The molecule has 0 spiro atoms. The van der Waals surface area contributed by atoms with E-state index in [1.807, 2.05) is 6.20 Å². The number of aromatic nitrogens is 1. The quantitative estimate of drug-likeness (QED) is 0.505. The van der Waals surface area contributed by atoms with Crippen molar-refractivity contribution in [3.8, 4) is 0 Å². The summed E-state index contributed by atoms with van der Waals surface area (Å²) in [6.07, 6.45) is 13.8. The van der Waals surface area contributed by atoms with Crippen LogP contribution in [0.4, 0.5) is 0 Å². The second kappa shape index (κ2) is 6.68. The van der Waals surface area contributed by atoms with Gasteiger partial charge in [0, 0.05) is 23.9 Å². The van der Waals surface area contributed by atoms with Crippen LogP contribution in [0.5, 0.6) is 0 Å². The normalized spacial score (nSPS) is 25.8. The zero-order valence-corrected chi connectivity index (χ0v) is 12.4.